The number of nitrogens with one attached hydrogen (secondary N) is 1. The van der Waals surface area contributed by atoms with Gasteiger partial charge >= 0.3 is 12.1 Å². The van der Waals surface area contributed by atoms with E-state index in [1.54, 1.807) is 41.8 Å². The lowest BCUT2D eigenvalue weighted by atomic mass is 10.1. The number of aryl methyl sites for hydroxylation is 1. The molecule has 2 amide bonds. The first kappa shape index (κ1) is 29.7. The number of aromatic nitrogens is 4. The van der Waals surface area contributed by atoms with Gasteiger partial charge in [0.25, 0.3) is 5.91 Å². The Kier molecular flexibility index (Phi) is 8.13. The van der Waals surface area contributed by atoms with Crippen molar-refractivity contribution in [3.8, 4) is 11.3 Å². The van der Waals surface area contributed by atoms with Crippen LogP contribution in [0, 0.1) is 6.92 Å². The first-order chi connectivity index (χ1) is 21.7. The number of alkyl halides is 1. The summed E-state index contributed by atoms with van der Waals surface area (Å²) < 4.78 is 26.8. The van der Waals surface area contributed by atoms with Crippen LogP contribution >= 0.6 is 11.3 Å². The topological polar surface area (TPSA) is 154 Å². The van der Waals surface area contributed by atoms with Crippen molar-refractivity contribution in [2.45, 2.75) is 32.2 Å². The number of nitrogen functional groups attached to an aromatic ring is 1. The van der Waals surface area contributed by atoms with Crippen molar-refractivity contribution in [1.29, 1.82) is 0 Å². The highest BCUT2D eigenvalue weighted by Crippen LogP contribution is 2.38. The Balaban J connectivity index is 1.26. The summed E-state index contributed by atoms with van der Waals surface area (Å²) >= 11 is 1.02. The molecule has 6 rings (SSSR count). The van der Waals surface area contributed by atoms with Crippen LogP contribution in [0.2, 0.25) is 0 Å². The molecule has 1 saturated heterocycles. The number of benzene rings is 2. The van der Waals surface area contributed by atoms with Crippen LogP contribution in [0.4, 0.5) is 20.1 Å². The van der Waals surface area contributed by atoms with Crippen LogP contribution in [0.1, 0.15) is 49.6 Å². The molecule has 0 spiro atoms. The van der Waals surface area contributed by atoms with Crippen molar-refractivity contribution in [3.05, 3.63) is 94.5 Å². The van der Waals surface area contributed by atoms with Gasteiger partial charge in [-0.3, -0.25) is 19.4 Å². The monoisotopic (exact) mass is 629 g/mol. The number of nitrogens with zero attached hydrogens (tertiary/aromatic N) is 5. The Morgan fingerprint density at radius 1 is 1.11 bits per heavy atom. The quantitative estimate of drug-likeness (QED) is 0.231. The fourth-order valence-electron chi connectivity index (χ4n) is 5.24. The minimum absolute atomic E-state index is 0.0360. The average Bonchev–Trinajstić information content (AvgIpc) is 3.74. The molecule has 5 aromatic rings. The summed E-state index contributed by atoms with van der Waals surface area (Å²) in [5.74, 6) is -0.343. The predicted molar refractivity (Wildman–Crippen MR) is 165 cm³/mol. The van der Waals surface area contributed by atoms with Crippen molar-refractivity contribution < 1.29 is 28.2 Å². The average molecular weight is 630 g/mol. The number of ether oxygens (including phenoxy) is 2. The summed E-state index contributed by atoms with van der Waals surface area (Å²) in [5, 5.41) is 2.97. The normalized spacial score (nSPS) is 16.1. The van der Waals surface area contributed by atoms with Gasteiger partial charge in [0, 0.05) is 29.9 Å². The van der Waals surface area contributed by atoms with Crippen molar-refractivity contribution in [2.75, 3.05) is 24.7 Å². The molecule has 3 aromatic heterocycles. The van der Waals surface area contributed by atoms with Crippen LogP contribution in [0.25, 0.3) is 16.8 Å². The van der Waals surface area contributed by atoms with Gasteiger partial charge in [-0.2, -0.15) is 0 Å². The molecule has 1 fully saturated rings. The summed E-state index contributed by atoms with van der Waals surface area (Å²) in [6, 6.07) is 15.2. The molecule has 2 aromatic carbocycles. The van der Waals surface area contributed by atoms with Crippen molar-refractivity contribution in [2.24, 2.45) is 0 Å². The number of fused-ring (bicyclic) bond motifs is 1. The number of imidazole rings is 1. The molecule has 0 bridgehead atoms. The molecule has 1 aliphatic rings. The Morgan fingerprint density at radius 3 is 2.60 bits per heavy atom. The number of esters is 1. The Morgan fingerprint density at radius 2 is 1.87 bits per heavy atom. The lowest BCUT2D eigenvalue weighted by molar-refractivity contribution is 0.0605. The molecular formula is C31H28FN7O5S. The largest absolute Gasteiger partial charge is 0.465 e. The number of amides is 2. The maximum Gasteiger partial charge on any atom is 0.410 e. The van der Waals surface area contributed by atoms with Gasteiger partial charge in [-0.05, 0) is 24.6 Å². The zero-order valence-electron chi connectivity index (χ0n) is 24.3. The maximum absolute atomic E-state index is 14.8. The first-order valence-electron chi connectivity index (χ1n) is 13.9. The van der Waals surface area contributed by atoms with Crippen LogP contribution < -0.4 is 11.1 Å². The van der Waals surface area contributed by atoms with E-state index in [2.05, 4.69) is 15.3 Å². The number of nitrogens with two attached hydrogens (primary N) is 1. The van der Waals surface area contributed by atoms with E-state index in [1.165, 1.54) is 18.2 Å². The maximum atomic E-state index is 14.8. The third-order valence-corrected chi connectivity index (χ3v) is 8.46. The Bertz CT molecular complexity index is 1890. The molecule has 0 aliphatic carbocycles. The van der Waals surface area contributed by atoms with E-state index >= 15 is 0 Å². The molecule has 45 heavy (non-hydrogen) atoms. The van der Waals surface area contributed by atoms with Gasteiger partial charge in [0.15, 0.2) is 5.13 Å². The minimum Gasteiger partial charge on any atom is -0.465 e. The van der Waals surface area contributed by atoms with E-state index in [0.717, 1.165) is 16.9 Å². The minimum atomic E-state index is -1.27. The molecule has 14 heteroatoms. The number of halogens is 1. The van der Waals surface area contributed by atoms with Gasteiger partial charge in [0.1, 0.15) is 40.5 Å². The lowest BCUT2D eigenvalue weighted by Crippen LogP contribution is -2.32. The van der Waals surface area contributed by atoms with E-state index in [4.69, 9.17) is 20.2 Å². The van der Waals surface area contributed by atoms with Gasteiger partial charge in [-0.15, -0.1) is 0 Å². The highest BCUT2D eigenvalue weighted by molar-refractivity contribution is 7.17. The number of methoxy groups -OCH3 is 1. The summed E-state index contributed by atoms with van der Waals surface area (Å²) in [6.45, 7) is 1.58. The van der Waals surface area contributed by atoms with E-state index < -0.39 is 30.2 Å². The molecule has 2 atom stereocenters. The Labute approximate surface area is 260 Å². The van der Waals surface area contributed by atoms with Gasteiger partial charge in [-0.25, -0.2) is 28.9 Å². The number of likely N-dealkylation sites (tertiary alicyclic amines) is 1. The van der Waals surface area contributed by atoms with E-state index in [9.17, 15) is 18.8 Å². The van der Waals surface area contributed by atoms with Crippen LogP contribution in [0.3, 0.4) is 0 Å². The van der Waals surface area contributed by atoms with Crippen molar-refractivity contribution >= 4 is 45.8 Å². The second kappa shape index (κ2) is 12.3. The van der Waals surface area contributed by atoms with Crippen LogP contribution in [0.15, 0.2) is 67.0 Å². The van der Waals surface area contributed by atoms with Crippen LogP contribution in [-0.4, -0.2) is 62.0 Å². The van der Waals surface area contributed by atoms with Crippen molar-refractivity contribution in [3.63, 3.8) is 0 Å². The molecule has 0 radical (unpaired) electrons. The SMILES string of the molecule is COC(=O)c1sc(NC(=O)c2ccc(-c3nc([C@@H]4C[C@@H](F)CN4C(=O)OCc4ccccc4)n4ccnc(N)c34)cc2)nc1C. The molecular weight excluding hydrogens is 601 g/mol. The lowest BCUT2D eigenvalue weighted by Gasteiger charge is -2.23. The van der Waals surface area contributed by atoms with E-state index in [-0.39, 0.29) is 30.5 Å². The molecule has 0 unspecified atom stereocenters. The number of anilines is 2. The molecule has 4 heterocycles. The number of hydrogen-bond donors (Lipinski definition) is 2. The highest BCUT2D eigenvalue weighted by atomic mass is 32.1. The summed E-state index contributed by atoms with van der Waals surface area (Å²) in [7, 11) is 1.28. The van der Waals surface area contributed by atoms with Gasteiger partial charge < -0.3 is 15.2 Å². The second-order valence-corrected chi connectivity index (χ2v) is 11.3. The number of hydrogen-bond acceptors (Lipinski definition) is 10. The van der Waals surface area contributed by atoms with Gasteiger partial charge in [-0.1, -0.05) is 53.8 Å². The highest BCUT2D eigenvalue weighted by Gasteiger charge is 2.40. The third-order valence-electron chi connectivity index (χ3n) is 7.41. The van der Waals surface area contributed by atoms with E-state index in [0.29, 0.717) is 38.7 Å². The smallest absolute Gasteiger partial charge is 0.410 e. The van der Waals surface area contributed by atoms with Crippen molar-refractivity contribution in [1.82, 2.24) is 24.3 Å². The molecule has 230 valence electrons. The standard InChI is InChI=1S/C31H28FN7O5S/c1-17-25(29(41)43-2)45-30(35-17)37-28(40)20-10-8-19(9-11-20)23-24-26(33)34-12-13-38(24)27(36-23)22-14-21(32)15-39(22)31(42)44-16-18-6-4-3-5-7-18/h3-13,21-22H,14-16H2,1-2H3,(H2,33,34)(H,35,37,40)/t21-,22+/m1/s1. The number of thiazole rings is 1. The van der Waals surface area contributed by atoms with Crippen LogP contribution in [-0.2, 0) is 16.1 Å². The summed E-state index contributed by atoms with van der Waals surface area (Å²) in [5.41, 5.74) is 9.47. The summed E-state index contributed by atoms with van der Waals surface area (Å²) in [6.07, 6.45) is 1.30. The number of carbonyl (C=O) groups is 3. The first-order valence-corrected chi connectivity index (χ1v) is 14.8. The zero-order valence-corrected chi connectivity index (χ0v) is 25.1. The molecule has 1 aliphatic heterocycles. The molecule has 0 saturated carbocycles. The summed E-state index contributed by atoms with van der Waals surface area (Å²) in [4.78, 5) is 52.9. The number of rotatable bonds is 7. The van der Waals surface area contributed by atoms with E-state index in [1.807, 2.05) is 30.3 Å². The number of carbonyl (C=O) groups excluding carboxylic acids is 3. The van der Waals surface area contributed by atoms with Gasteiger partial charge in [0.2, 0.25) is 0 Å². The fraction of sp³-hybridized carbons (Fsp3) is 0.226. The fourth-order valence-corrected chi connectivity index (χ4v) is 6.12. The second-order valence-electron chi connectivity index (χ2n) is 10.3. The van der Waals surface area contributed by atoms with Gasteiger partial charge in [0.05, 0.1) is 25.4 Å². The molecule has 3 N–H and O–H groups in total. The zero-order chi connectivity index (χ0) is 31.7. The van der Waals surface area contributed by atoms with Crippen LogP contribution in [0.5, 0.6) is 0 Å². The molecule has 12 nitrogen and oxygen atoms in total. The Hall–Kier alpha value is -5.37. The predicted octanol–water partition coefficient (Wildman–Crippen LogP) is 5.20. The third kappa shape index (κ3) is 5.91.